The topological polar surface area (TPSA) is 156 Å². The molecule has 0 heterocycles. The number of aliphatic hydroxyl groups is 1. The second-order valence-corrected chi connectivity index (χ2v) is 14.0. The van der Waals surface area contributed by atoms with Crippen molar-refractivity contribution in [3.8, 4) is 11.1 Å². The van der Waals surface area contributed by atoms with Gasteiger partial charge in [0.25, 0.3) is 0 Å². The molecule has 5 N–H and O–H groups in total. The zero-order valence-electron chi connectivity index (χ0n) is 29.3. The Labute approximate surface area is 301 Å². The first kappa shape index (κ1) is 39.9. The van der Waals surface area contributed by atoms with Gasteiger partial charge in [-0.3, -0.25) is 24.0 Å². The van der Waals surface area contributed by atoms with Gasteiger partial charge in [-0.2, -0.15) is 13.2 Å². The molecule has 1 aliphatic rings. The van der Waals surface area contributed by atoms with Gasteiger partial charge >= 0.3 is 6.18 Å². The van der Waals surface area contributed by atoms with Crippen LogP contribution in [0.15, 0.2) is 84.9 Å². The van der Waals surface area contributed by atoms with Crippen LogP contribution in [0.5, 0.6) is 0 Å². The molecule has 0 radical (unpaired) electrons. The number of aliphatic hydroxyl groups excluding tert-OH is 1. The maximum atomic E-state index is 14.0. The number of carbonyl (C=O) groups is 5. The normalized spacial score (nSPS) is 16.1. The predicted molar refractivity (Wildman–Crippen MR) is 190 cm³/mol. The highest BCUT2D eigenvalue weighted by Crippen LogP contribution is 2.45. The molecule has 3 amide bonds. The first-order chi connectivity index (χ1) is 24.6. The van der Waals surface area contributed by atoms with Crippen LogP contribution >= 0.6 is 0 Å². The lowest BCUT2D eigenvalue weighted by atomic mass is 9.64. The van der Waals surface area contributed by atoms with E-state index in [2.05, 4.69) is 10.6 Å². The molecule has 1 fully saturated rings. The van der Waals surface area contributed by atoms with E-state index in [0.717, 1.165) is 16.7 Å². The molecule has 1 saturated carbocycles. The maximum absolute atomic E-state index is 14.0. The van der Waals surface area contributed by atoms with Crippen molar-refractivity contribution in [2.24, 2.45) is 23.0 Å². The lowest BCUT2D eigenvalue weighted by Crippen LogP contribution is -2.57. The lowest BCUT2D eigenvalue weighted by Gasteiger charge is -2.42. The summed E-state index contributed by atoms with van der Waals surface area (Å²) in [6.07, 6.45) is -8.55. The summed E-state index contributed by atoms with van der Waals surface area (Å²) in [6, 6.07) is 22.8. The van der Waals surface area contributed by atoms with E-state index in [1.165, 1.54) is 0 Å². The molecule has 0 saturated heterocycles. The Morgan fingerprint density at radius 1 is 0.846 bits per heavy atom. The number of benzene rings is 3. The van der Waals surface area contributed by atoms with Gasteiger partial charge in [0, 0.05) is 30.7 Å². The first-order valence-electron chi connectivity index (χ1n) is 17.5. The summed E-state index contributed by atoms with van der Waals surface area (Å²) in [5, 5.41) is 15.0. The zero-order chi connectivity index (χ0) is 38.1. The monoisotopic (exact) mass is 721 g/mol. The quantitative estimate of drug-likeness (QED) is 0.123. The second kappa shape index (κ2) is 17.6. The van der Waals surface area contributed by atoms with Crippen molar-refractivity contribution < 1.29 is 42.3 Å². The number of rotatable bonds is 18. The number of Topliss-reactive ketones (excluding diaryl/α,β-unsaturated/α-hetero) is 2. The third-order valence-electron chi connectivity index (χ3n) is 9.89. The summed E-state index contributed by atoms with van der Waals surface area (Å²) >= 11 is 0. The number of amides is 3. The van der Waals surface area contributed by atoms with Crippen LogP contribution in [0.25, 0.3) is 11.1 Å². The molecule has 0 aromatic heterocycles. The van der Waals surface area contributed by atoms with E-state index in [1.807, 2.05) is 56.3 Å². The van der Waals surface area contributed by atoms with Crippen molar-refractivity contribution in [3.05, 3.63) is 96.1 Å². The van der Waals surface area contributed by atoms with Crippen molar-refractivity contribution in [1.29, 1.82) is 0 Å². The molecule has 52 heavy (non-hydrogen) atoms. The van der Waals surface area contributed by atoms with Crippen molar-refractivity contribution in [3.63, 3.8) is 0 Å². The molecule has 9 nitrogen and oxygen atoms in total. The maximum Gasteiger partial charge on any atom is 0.416 e. The molecule has 1 aliphatic carbocycles. The van der Waals surface area contributed by atoms with Gasteiger partial charge in [-0.15, -0.1) is 0 Å². The van der Waals surface area contributed by atoms with E-state index in [-0.39, 0.29) is 43.8 Å². The lowest BCUT2D eigenvalue weighted by molar-refractivity contribution is -0.213. The Morgan fingerprint density at radius 2 is 1.42 bits per heavy atom. The van der Waals surface area contributed by atoms with E-state index in [0.29, 0.717) is 12.0 Å². The van der Waals surface area contributed by atoms with Crippen LogP contribution < -0.4 is 16.4 Å². The van der Waals surface area contributed by atoms with Crippen LogP contribution in [-0.4, -0.2) is 58.8 Å². The zero-order valence-corrected chi connectivity index (χ0v) is 29.3. The Bertz CT molecular complexity index is 1690. The van der Waals surface area contributed by atoms with Gasteiger partial charge < -0.3 is 21.5 Å². The van der Waals surface area contributed by atoms with Gasteiger partial charge in [0.05, 0.1) is 17.5 Å². The Kier molecular flexibility index (Phi) is 13.5. The van der Waals surface area contributed by atoms with Crippen molar-refractivity contribution >= 4 is 29.3 Å². The fourth-order valence-corrected chi connectivity index (χ4v) is 6.50. The van der Waals surface area contributed by atoms with Crippen LogP contribution in [0.3, 0.4) is 0 Å². The summed E-state index contributed by atoms with van der Waals surface area (Å²) in [5.74, 6) is -4.06. The average molecular weight is 722 g/mol. The van der Waals surface area contributed by atoms with Gasteiger partial charge in [-0.05, 0) is 48.3 Å². The predicted octanol–water partition coefficient (Wildman–Crippen LogP) is 5.73. The van der Waals surface area contributed by atoms with E-state index in [4.69, 9.17) is 5.73 Å². The number of primary amides is 1. The van der Waals surface area contributed by atoms with Crippen molar-refractivity contribution in [1.82, 2.24) is 10.6 Å². The smallest absolute Gasteiger partial charge is 0.382 e. The number of halogens is 3. The summed E-state index contributed by atoms with van der Waals surface area (Å²) in [7, 11) is 0. The summed E-state index contributed by atoms with van der Waals surface area (Å²) in [4.78, 5) is 66.1. The molecule has 0 bridgehead atoms. The molecule has 4 atom stereocenters. The van der Waals surface area contributed by atoms with E-state index in [1.54, 1.807) is 42.5 Å². The molecule has 0 aliphatic heterocycles. The minimum Gasteiger partial charge on any atom is -0.382 e. The average Bonchev–Trinajstić information content (AvgIpc) is 3.09. The molecule has 3 aromatic rings. The fourth-order valence-electron chi connectivity index (χ4n) is 6.50. The first-order valence-corrected chi connectivity index (χ1v) is 17.5. The van der Waals surface area contributed by atoms with Crippen LogP contribution in [0.1, 0.15) is 74.7 Å². The number of ketones is 2. The van der Waals surface area contributed by atoms with Crippen LogP contribution in [0.2, 0.25) is 0 Å². The minimum absolute atomic E-state index is 0.0802. The third-order valence-corrected chi connectivity index (χ3v) is 9.89. The summed E-state index contributed by atoms with van der Waals surface area (Å²) < 4.78 is 40.4. The van der Waals surface area contributed by atoms with E-state index < -0.39 is 72.0 Å². The van der Waals surface area contributed by atoms with Crippen LogP contribution in [-0.2, 0) is 25.6 Å². The number of hydrogen-bond donors (Lipinski definition) is 4. The fraction of sp³-hybridized carbons (Fsp3) is 0.425. The molecule has 3 aromatic carbocycles. The van der Waals surface area contributed by atoms with E-state index in [9.17, 15) is 42.3 Å². The molecule has 0 spiro atoms. The van der Waals surface area contributed by atoms with Gasteiger partial charge in [0.2, 0.25) is 17.7 Å². The number of nitrogens with one attached hydrogen (secondary N) is 2. The van der Waals surface area contributed by atoms with Crippen molar-refractivity contribution in [2.45, 2.75) is 89.6 Å². The van der Waals surface area contributed by atoms with Gasteiger partial charge in [0.15, 0.2) is 17.7 Å². The molecular weight excluding hydrogens is 675 g/mol. The summed E-state index contributed by atoms with van der Waals surface area (Å²) in [5.41, 5.74) is 6.85. The summed E-state index contributed by atoms with van der Waals surface area (Å²) in [6.45, 7) is 3.61. The number of hydrogen-bond acceptors (Lipinski definition) is 6. The molecule has 4 rings (SSSR count). The number of carbonyl (C=O) groups excluding carboxylic acids is 5. The Hall–Kier alpha value is -4.84. The van der Waals surface area contributed by atoms with Crippen molar-refractivity contribution in [2.75, 3.05) is 0 Å². The number of nitrogens with two attached hydrogens (primary N) is 1. The largest absolute Gasteiger partial charge is 0.416 e. The van der Waals surface area contributed by atoms with Gasteiger partial charge in [0.1, 0.15) is 0 Å². The molecular formula is C40H46F3N3O6. The Morgan fingerprint density at radius 3 is 1.94 bits per heavy atom. The highest BCUT2D eigenvalue weighted by atomic mass is 19.4. The highest BCUT2D eigenvalue weighted by Gasteiger charge is 2.50. The minimum atomic E-state index is -5.08. The standard InChI is InChI=1S/C40H46F3N3O6/c1-25(2)30(23-33(47)29-16-14-28(15-17-29)27-12-7-4-8-13-27)37(51)45-32(22-26-10-5-3-6-11-26)34(48)24-39(20-9-21-39)38(52)46-31(18-19-35(44)49)36(50)40(41,42)43/h3-8,10-17,25,30-32,36,50H,9,18-24H2,1-2H3,(H2,44,49)(H,45,51)(H,46,52)/t30-,31-,32-,36?/m0/s1. The molecule has 12 heteroatoms. The van der Waals surface area contributed by atoms with Crippen LogP contribution in [0.4, 0.5) is 13.2 Å². The SMILES string of the molecule is CC(C)[C@H](CC(=O)c1ccc(-c2ccccc2)cc1)C(=O)N[C@@H](Cc1ccccc1)C(=O)CC1(C(=O)N[C@@H](CCC(N)=O)C(O)C(F)(F)F)CCC1. The van der Waals surface area contributed by atoms with Gasteiger partial charge in [-0.1, -0.05) is 105 Å². The van der Waals surface area contributed by atoms with E-state index >= 15 is 0 Å². The molecule has 278 valence electrons. The van der Waals surface area contributed by atoms with Gasteiger partial charge in [-0.25, -0.2) is 0 Å². The van der Waals surface area contributed by atoms with Crippen LogP contribution in [0, 0.1) is 17.3 Å². The Balaban J connectivity index is 1.51. The second-order valence-electron chi connectivity index (χ2n) is 14.0. The highest BCUT2D eigenvalue weighted by molar-refractivity contribution is 6.00. The number of alkyl halides is 3. The molecule has 1 unspecified atom stereocenters. The third kappa shape index (κ3) is 10.6.